The average Bonchev–Trinajstić information content (AvgIpc) is 3.82. The van der Waals surface area contributed by atoms with E-state index in [0.29, 0.717) is 18.8 Å². The Hall–Kier alpha value is -1.47. The molecule has 19 nitrogen and oxygen atoms in total. The van der Waals surface area contributed by atoms with Gasteiger partial charge < -0.3 is 88.6 Å². The monoisotopic (exact) mass is 942 g/mol. The molecule has 8 fully saturated rings. The lowest BCUT2D eigenvalue weighted by Gasteiger charge is -2.65. The fourth-order valence-electron chi connectivity index (χ4n) is 14.3. The van der Waals surface area contributed by atoms with E-state index < -0.39 is 128 Å². The highest BCUT2D eigenvalue weighted by Gasteiger charge is 2.71. The minimum absolute atomic E-state index is 0.0188. The van der Waals surface area contributed by atoms with Crippen LogP contribution in [0.4, 0.5) is 0 Å². The van der Waals surface area contributed by atoms with Gasteiger partial charge in [-0.15, -0.1) is 0 Å². The Bertz CT molecular complexity index is 1720. The van der Waals surface area contributed by atoms with Gasteiger partial charge in [0, 0.05) is 30.8 Å². The van der Waals surface area contributed by atoms with Crippen LogP contribution >= 0.6 is 0 Å². The highest BCUT2D eigenvalue weighted by Crippen LogP contribution is 2.70. The van der Waals surface area contributed by atoms with Crippen LogP contribution in [0, 0.1) is 34.5 Å². The minimum atomic E-state index is -1.65. The maximum Gasteiger partial charge on any atom is 0.331 e. The van der Waals surface area contributed by atoms with Gasteiger partial charge in [0.25, 0.3) is 0 Å². The number of cyclic esters (lactones) is 1. The molecule has 0 aromatic rings. The predicted octanol–water partition coefficient (Wildman–Crippen LogP) is 0.0423. The highest BCUT2D eigenvalue weighted by atomic mass is 16.8. The molecule has 5 heterocycles. The zero-order chi connectivity index (χ0) is 47.2. The number of aliphatic hydroxyl groups is 9. The van der Waals surface area contributed by atoms with Crippen molar-refractivity contribution < 1.29 is 93.4 Å². The molecule has 0 radical (unpaired) electrons. The molecular formula is C47H74O19. The summed E-state index contributed by atoms with van der Waals surface area (Å²) in [4.78, 5) is 12.0. The van der Waals surface area contributed by atoms with Crippen LogP contribution in [0.5, 0.6) is 0 Å². The number of fused-ring (bicyclic) bond motifs is 5. The van der Waals surface area contributed by atoms with Crippen LogP contribution in [-0.4, -0.2) is 187 Å². The topological polar surface area (TPSA) is 282 Å². The smallest absolute Gasteiger partial charge is 0.331 e. The van der Waals surface area contributed by atoms with Crippen molar-refractivity contribution in [3.05, 3.63) is 11.6 Å². The summed E-state index contributed by atoms with van der Waals surface area (Å²) in [5.74, 6) is 0.0825. The molecule has 9 N–H and O–H groups in total. The van der Waals surface area contributed by atoms with Crippen molar-refractivity contribution in [1.82, 2.24) is 0 Å². The second-order valence-electron chi connectivity index (χ2n) is 21.6. The van der Waals surface area contributed by atoms with Crippen molar-refractivity contribution in [2.24, 2.45) is 34.5 Å². The molecule has 4 aliphatic carbocycles. The number of aliphatic hydroxyl groups excluding tert-OH is 8. The molecule has 19 heteroatoms. The van der Waals surface area contributed by atoms with Crippen LogP contribution in [0.1, 0.15) is 105 Å². The summed E-state index contributed by atoms with van der Waals surface area (Å²) in [6, 6.07) is 0. The van der Waals surface area contributed by atoms with Gasteiger partial charge in [-0.05, 0) is 107 Å². The third-order valence-electron chi connectivity index (χ3n) is 18.1. The van der Waals surface area contributed by atoms with Gasteiger partial charge >= 0.3 is 5.97 Å². The summed E-state index contributed by atoms with van der Waals surface area (Å²) in [6.07, 6.45) is -10.8. The molecule has 5 aliphatic heterocycles. The SMILES string of the molecule is CC1OC(OC2CCC3(C)C(CCC4C3CC(O)C3(C)C(C5=CC(=O)OC5)CCC43O)C2)CC(O)C1OC1CC(O)C(OC2CC(O)C(OC3OC(CO)C(O)C(O)C3O)C(C)O2)C(C)O1. The molecular weight excluding hydrogens is 868 g/mol. The third-order valence-corrected chi connectivity index (χ3v) is 18.1. The number of esters is 1. The number of rotatable bonds is 10. The van der Waals surface area contributed by atoms with E-state index in [1.165, 1.54) is 0 Å². The molecule has 0 aromatic heterocycles. The summed E-state index contributed by atoms with van der Waals surface area (Å²) in [5.41, 5.74) is -0.989. The van der Waals surface area contributed by atoms with E-state index in [9.17, 15) is 50.8 Å². The number of hydrogen-bond donors (Lipinski definition) is 9. The van der Waals surface area contributed by atoms with Gasteiger partial charge in [0.1, 0.15) is 49.3 Å². The molecule has 9 rings (SSSR count). The van der Waals surface area contributed by atoms with Gasteiger partial charge in [0.15, 0.2) is 25.2 Å². The highest BCUT2D eigenvalue weighted by molar-refractivity contribution is 5.85. The molecule has 0 amide bonds. The Kier molecular flexibility index (Phi) is 14.2. The first-order valence-electron chi connectivity index (χ1n) is 24.5. The van der Waals surface area contributed by atoms with Gasteiger partial charge in [-0.3, -0.25) is 0 Å². The van der Waals surface area contributed by atoms with Crippen molar-refractivity contribution >= 4 is 5.97 Å². The summed E-state index contributed by atoms with van der Waals surface area (Å²) in [7, 11) is 0. The van der Waals surface area contributed by atoms with Gasteiger partial charge in [0.05, 0.1) is 61.0 Å². The lowest BCUT2D eigenvalue weighted by Crippen LogP contribution is -2.67. The standard InChI is InChI=1S/C47H74O19/c1-20-41(64-36-16-30(50)42(21(2)60-36)65-37-17-31(51)43(22(3)61-37)66-44-40(56)39(55)38(54)32(18-48)63-44)29(49)15-35(59-20)62-25-8-10-45(4)24(13-25)6-7-27-28(45)14-33(52)46(5)26(9-11-47(27,46)57)23-12-34(53)58-19-23/h12,20-22,24-33,35-44,48-52,54-57H,6-11,13-19H2,1-5H3. The van der Waals surface area contributed by atoms with E-state index in [4.69, 9.17) is 42.6 Å². The van der Waals surface area contributed by atoms with Crippen LogP contribution in [0.2, 0.25) is 0 Å². The molecule has 26 unspecified atom stereocenters. The van der Waals surface area contributed by atoms with Crippen molar-refractivity contribution in [2.45, 2.75) is 228 Å². The number of carbonyl (C=O) groups excluding carboxylic acids is 1. The van der Waals surface area contributed by atoms with E-state index in [1.807, 2.05) is 13.8 Å². The van der Waals surface area contributed by atoms with Gasteiger partial charge in [0.2, 0.25) is 0 Å². The van der Waals surface area contributed by atoms with Crippen LogP contribution in [0.25, 0.3) is 0 Å². The fraction of sp³-hybridized carbons (Fsp3) is 0.936. The Morgan fingerprint density at radius 2 is 1.23 bits per heavy atom. The van der Waals surface area contributed by atoms with Gasteiger partial charge in [-0.25, -0.2) is 4.79 Å². The lowest BCUT2D eigenvalue weighted by molar-refractivity contribution is -0.355. The summed E-state index contributed by atoms with van der Waals surface area (Å²) in [5, 5.41) is 98.4. The maximum atomic E-state index is 12.6. The van der Waals surface area contributed by atoms with Crippen LogP contribution < -0.4 is 0 Å². The fourth-order valence-corrected chi connectivity index (χ4v) is 14.3. The molecule has 66 heavy (non-hydrogen) atoms. The normalized spacial score (nSPS) is 55.3. The van der Waals surface area contributed by atoms with E-state index in [1.54, 1.807) is 19.9 Å². The summed E-state index contributed by atoms with van der Waals surface area (Å²) in [6.45, 7) is 9.11. The van der Waals surface area contributed by atoms with Gasteiger partial charge in [-0.1, -0.05) is 13.8 Å². The van der Waals surface area contributed by atoms with Crippen LogP contribution in [0.15, 0.2) is 11.6 Å². The Labute approximate surface area is 385 Å². The molecule has 26 atom stereocenters. The molecule has 9 aliphatic rings. The first-order valence-corrected chi connectivity index (χ1v) is 24.5. The maximum absolute atomic E-state index is 12.6. The average molecular weight is 943 g/mol. The summed E-state index contributed by atoms with van der Waals surface area (Å²) < 4.78 is 53.9. The zero-order valence-corrected chi connectivity index (χ0v) is 38.7. The summed E-state index contributed by atoms with van der Waals surface area (Å²) >= 11 is 0. The number of hydrogen-bond acceptors (Lipinski definition) is 19. The quantitative estimate of drug-likeness (QED) is 0.103. The van der Waals surface area contributed by atoms with Crippen LogP contribution in [-0.2, 0) is 47.4 Å². The van der Waals surface area contributed by atoms with Gasteiger partial charge in [-0.2, -0.15) is 0 Å². The lowest BCUT2D eigenvalue weighted by atomic mass is 9.42. The first kappa shape index (κ1) is 49.5. The largest absolute Gasteiger partial charge is 0.458 e. The number of carbonyl (C=O) groups is 1. The van der Waals surface area contributed by atoms with Crippen molar-refractivity contribution in [3.8, 4) is 0 Å². The zero-order valence-electron chi connectivity index (χ0n) is 38.7. The molecule has 376 valence electrons. The molecule has 4 saturated carbocycles. The molecule has 4 saturated heterocycles. The van der Waals surface area contributed by atoms with Crippen molar-refractivity contribution in [2.75, 3.05) is 13.2 Å². The second-order valence-corrected chi connectivity index (χ2v) is 21.6. The number of ether oxygens (including phenoxy) is 9. The Morgan fingerprint density at radius 3 is 1.77 bits per heavy atom. The first-order chi connectivity index (χ1) is 31.2. The minimum Gasteiger partial charge on any atom is -0.458 e. The Balaban J connectivity index is 0.737. The van der Waals surface area contributed by atoms with E-state index in [0.717, 1.165) is 44.1 Å². The van der Waals surface area contributed by atoms with E-state index in [2.05, 4.69) is 6.92 Å². The Morgan fingerprint density at radius 1 is 0.652 bits per heavy atom. The molecule has 0 bridgehead atoms. The van der Waals surface area contributed by atoms with E-state index >= 15 is 0 Å². The van der Waals surface area contributed by atoms with Crippen LogP contribution in [0.3, 0.4) is 0 Å². The van der Waals surface area contributed by atoms with E-state index in [-0.39, 0.29) is 61.1 Å². The second kappa shape index (κ2) is 18.9. The van der Waals surface area contributed by atoms with Crippen molar-refractivity contribution in [1.29, 1.82) is 0 Å². The third kappa shape index (κ3) is 8.64. The molecule has 0 spiro atoms. The van der Waals surface area contributed by atoms with Crippen molar-refractivity contribution in [3.63, 3.8) is 0 Å². The predicted molar refractivity (Wildman–Crippen MR) is 225 cm³/mol. The molecule has 0 aromatic carbocycles.